The molecule has 0 aromatic carbocycles. The molecular weight excluding hydrogens is 254 g/mol. The summed E-state index contributed by atoms with van der Waals surface area (Å²) in [6.45, 7) is 7.22. The van der Waals surface area contributed by atoms with Gasteiger partial charge in [0.15, 0.2) is 0 Å². The molecule has 114 valence electrons. The van der Waals surface area contributed by atoms with Crippen molar-refractivity contribution in [3.8, 4) is 0 Å². The van der Waals surface area contributed by atoms with Crippen molar-refractivity contribution in [3.05, 3.63) is 11.7 Å². The molecule has 0 atom stereocenters. The third-order valence-corrected chi connectivity index (χ3v) is 4.25. The van der Waals surface area contributed by atoms with Gasteiger partial charge in [-0.1, -0.05) is 30.8 Å². The third kappa shape index (κ3) is 3.04. The highest BCUT2D eigenvalue weighted by atomic mass is 16.5. The van der Waals surface area contributed by atoms with Crippen LogP contribution in [-0.2, 0) is 15.8 Å². The van der Waals surface area contributed by atoms with Gasteiger partial charge in [0, 0.05) is 13.2 Å². The van der Waals surface area contributed by atoms with Gasteiger partial charge in [0.05, 0.1) is 5.41 Å². The summed E-state index contributed by atoms with van der Waals surface area (Å²) in [5, 5.41) is 4.22. The molecule has 0 amide bonds. The number of hydrogen-bond acceptors (Lipinski definition) is 5. The summed E-state index contributed by atoms with van der Waals surface area (Å²) in [5.41, 5.74) is 5.13. The van der Waals surface area contributed by atoms with Crippen molar-refractivity contribution in [1.29, 1.82) is 0 Å². The van der Waals surface area contributed by atoms with Gasteiger partial charge in [0.1, 0.15) is 5.60 Å². The average molecular weight is 281 g/mol. The molecule has 2 rings (SSSR count). The van der Waals surface area contributed by atoms with Crippen molar-refractivity contribution < 1.29 is 9.26 Å². The minimum atomic E-state index is -0.363. The molecule has 1 aromatic heterocycles. The van der Waals surface area contributed by atoms with E-state index in [0.717, 1.165) is 25.7 Å². The zero-order valence-corrected chi connectivity index (χ0v) is 12.9. The molecule has 1 saturated carbocycles. The molecule has 5 heteroatoms. The number of rotatable bonds is 5. The normalized spacial score (nSPS) is 19.8. The molecule has 1 heterocycles. The van der Waals surface area contributed by atoms with Crippen LogP contribution in [0.4, 0.5) is 0 Å². The van der Waals surface area contributed by atoms with Gasteiger partial charge < -0.3 is 15.0 Å². The number of nitrogens with two attached hydrogens (primary N) is 1. The van der Waals surface area contributed by atoms with Gasteiger partial charge >= 0.3 is 0 Å². The Balaban J connectivity index is 2.30. The second kappa shape index (κ2) is 6.22. The molecule has 0 saturated heterocycles. The van der Waals surface area contributed by atoms with E-state index in [2.05, 4.69) is 10.1 Å². The van der Waals surface area contributed by atoms with Gasteiger partial charge in [0.25, 0.3) is 0 Å². The Labute approximate surface area is 121 Å². The van der Waals surface area contributed by atoms with Gasteiger partial charge in [-0.05, 0) is 33.6 Å². The Bertz CT molecular complexity index is 421. The van der Waals surface area contributed by atoms with Gasteiger partial charge in [-0.15, -0.1) is 0 Å². The summed E-state index contributed by atoms with van der Waals surface area (Å²) >= 11 is 0. The standard InChI is InChI=1S/C15H27N3O2/c1-4-19-15(9-7-5-6-8-10-15)12-17-13(20-18-12)14(2,3)11-16/h4-11,16H2,1-3H3. The molecule has 1 aromatic rings. The highest BCUT2D eigenvalue weighted by Gasteiger charge is 2.39. The lowest BCUT2D eigenvalue weighted by Gasteiger charge is -2.29. The molecule has 5 nitrogen and oxygen atoms in total. The van der Waals surface area contributed by atoms with E-state index in [4.69, 9.17) is 15.0 Å². The fourth-order valence-corrected chi connectivity index (χ4v) is 2.78. The van der Waals surface area contributed by atoms with Crippen LogP contribution in [0.5, 0.6) is 0 Å². The smallest absolute Gasteiger partial charge is 0.233 e. The highest BCUT2D eigenvalue weighted by Crippen LogP contribution is 2.38. The fraction of sp³-hybridized carbons (Fsp3) is 0.867. The maximum atomic E-state index is 6.08. The van der Waals surface area contributed by atoms with Crippen molar-refractivity contribution in [2.75, 3.05) is 13.2 Å². The monoisotopic (exact) mass is 281 g/mol. The van der Waals surface area contributed by atoms with Gasteiger partial charge in [-0.25, -0.2) is 0 Å². The van der Waals surface area contributed by atoms with E-state index in [1.54, 1.807) is 0 Å². The van der Waals surface area contributed by atoms with Crippen LogP contribution in [0.15, 0.2) is 4.52 Å². The van der Waals surface area contributed by atoms with E-state index < -0.39 is 0 Å². The number of hydrogen-bond donors (Lipinski definition) is 1. The van der Waals surface area contributed by atoms with Crippen LogP contribution in [-0.4, -0.2) is 23.3 Å². The lowest BCUT2D eigenvalue weighted by Crippen LogP contribution is -2.32. The van der Waals surface area contributed by atoms with Gasteiger partial charge in [-0.3, -0.25) is 0 Å². The predicted molar refractivity (Wildman–Crippen MR) is 77.4 cm³/mol. The second-order valence-corrected chi connectivity index (χ2v) is 6.35. The van der Waals surface area contributed by atoms with Crippen molar-refractivity contribution in [2.24, 2.45) is 5.73 Å². The average Bonchev–Trinajstić information content (AvgIpc) is 2.83. The topological polar surface area (TPSA) is 74.2 Å². The van der Waals surface area contributed by atoms with E-state index in [-0.39, 0.29) is 11.0 Å². The summed E-state index contributed by atoms with van der Waals surface area (Å²) in [6.07, 6.45) is 6.78. The molecule has 0 aliphatic heterocycles. The first-order chi connectivity index (χ1) is 9.54. The Morgan fingerprint density at radius 2 is 1.90 bits per heavy atom. The Morgan fingerprint density at radius 3 is 2.45 bits per heavy atom. The number of ether oxygens (including phenoxy) is 1. The summed E-state index contributed by atoms with van der Waals surface area (Å²) < 4.78 is 11.5. The third-order valence-electron chi connectivity index (χ3n) is 4.25. The SMILES string of the molecule is CCOC1(c2noc(C(C)(C)CN)n2)CCCCCC1. The summed E-state index contributed by atoms with van der Waals surface area (Å²) in [6, 6.07) is 0. The fourth-order valence-electron chi connectivity index (χ4n) is 2.78. The zero-order chi connectivity index (χ0) is 14.6. The Kier molecular flexibility index (Phi) is 4.81. The minimum Gasteiger partial charge on any atom is -0.367 e. The first-order valence-electron chi connectivity index (χ1n) is 7.73. The van der Waals surface area contributed by atoms with Crippen molar-refractivity contribution in [1.82, 2.24) is 10.1 Å². The largest absolute Gasteiger partial charge is 0.367 e. The van der Waals surface area contributed by atoms with E-state index in [9.17, 15) is 0 Å². The number of aromatic nitrogens is 2. The van der Waals surface area contributed by atoms with E-state index in [1.807, 2.05) is 20.8 Å². The summed E-state index contributed by atoms with van der Waals surface area (Å²) in [5.74, 6) is 1.32. The molecule has 0 unspecified atom stereocenters. The molecular formula is C15H27N3O2. The molecule has 0 spiro atoms. The summed E-state index contributed by atoms with van der Waals surface area (Å²) in [7, 11) is 0. The molecule has 20 heavy (non-hydrogen) atoms. The van der Waals surface area contributed by atoms with Crippen molar-refractivity contribution in [2.45, 2.75) is 70.3 Å². The minimum absolute atomic E-state index is 0.288. The quantitative estimate of drug-likeness (QED) is 0.840. The van der Waals surface area contributed by atoms with Crippen LogP contribution >= 0.6 is 0 Å². The van der Waals surface area contributed by atoms with Crippen molar-refractivity contribution >= 4 is 0 Å². The maximum Gasteiger partial charge on any atom is 0.233 e. The van der Waals surface area contributed by atoms with Crippen LogP contribution < -0.4 is 5.73 Å². The lowest BCUT2D eigenvalue weighted by molar-refractivity contribution is -0.0636. The Hall–Kier alpha value is -0.940. The second-order valence-electron chi connectivity index (χ2n) is 6.35. The molecule has 1 fully saturated rings. The Morgan fingerprint density at radius 1 is 1.25 bits per heavy atom. The van der Waals surface area contributed by atoms with Crippen LogP contribution in [0.1, 0.15) is 71.0 Å². The first kappa shape index (κ1) is 15.4. The van der Waals surface area contributed by atoms with Crippen LogP contribution in [0.3, 0.4) is 0 Å². The zero-order valence-electron chi connectivity index (χ0n) is 12.9. The molecule has 0 radical (unpaired) electrons. The van der Waals surface area contributed by atoms with E-state index in [1.165, 1.54) is 12.8 Å². The van der Waals surface area contributed by atoms with Gasteiger partial charge in [0.2, 0.25) is 11.7 Å². The van der Waals surface area contributed by atoms with E-state index in [0.29, 0.717) is 24.9 Å². The van der Waals surface area contributed by atoms with Crippen LogP contribution in [0, 0.1) is 0 Å². The predicted octanol–water partition coefficient (Wildman–Crippen LogP) is 2.89. The highest BCUT2D eigenvalue weighted by molar-refractivity contribution is 5.08. The van der Waals surface area contributed by atoms with Crippen LogP contribution in [0.2, 0.25) is 0 Å². The maximum absolute atomic E-state index is 6.08. The summed E-state index contributed by atoms with van der Waals surface area (Å²) in [4.78, 5) is 4.63. The number of nitrogens with zero attached hydrogens (tertiary/aromatic N) is 2. The molecule has 0 bridgehead atoms. The first-order valence-corrected chi connectivity index (χ1v) is 7.73. The van der Waals surface area contributed by atoms with Gasteiger partial charge in [-0.2, -0.15) is 4.98 Å². The lowest BCUT2D eigenvalue weighted by atomic mass is 9.92. The molecule has 2 N–H and O–H groups in total. The van der Waals surface area contributed by atoms with E-state index >= 15 is 0 Å². The molecule has 1 aliphatic rings. The molecule has 1 aliphatic carbocycles. The van der Waals surface area contributed by atoms with Crippen LogP contribution in [0.25, 0.3) is 0 Å². The van der Waals surface area contributed by atoms with Crippen molar-refractivity contribution in [3.63, 3.8) is 0 Å².